The highest BCUT2D eigenvalue weighted by Gasteiger charge is 2.31. The summed E-state index contributed by atoms with van der Waals surface area (Å²) in [4.78, 5) is 14.0. The van der Waals surface area contributed by atoms with Gasteiger partial charge in [0.1, 0.15) is 6.10 Å². The number of nitrogens with zero attached hydrogens (tertiary/aromatic N) is 1. The number of β-amino-alcohol motifs (C(OH)–C–C–N with tert-alkyl or cyclic N) is 1. The standard InChI is InChI=1S/C16H24N2O3/c1-12(21-2)16(20)17-9-14-8-15(19)11-18(14)10-13-6-4-3-5-7-13/h3-7,12,14-15,19H,8-11H2,1-2H3,(H,17,20). The van der Waals surface area contributed by atoms with Crippen molar-refractivity contribution in [1.29, 1.82) is 0 Å². The Morgan fingerprint density at radius 2 is 2.19 bits per heavy atom. The predicted molar refractivity (Wildman–Crippen MR) is 80.7 cm³/mol. The molecule has 0 bridgehead atoms. The summed E-state index contributed by atoms with van der Waals surface area (Å²) in [6, 6.07) is 10.3. The van der Waals surface area contributed by atoms with E-state index >= 15 is 0 Å². The van der Waals surface area contributed by atoms with Gasteiger partial charge in [0.25, 0.3) is 0 Å². The molecule has 1 amide bonds. The van der Waals surface area contributed by atoms with Gasteiger partial charge in [0.2, 0.25) is 5.91 Å². The number of methoxy groups -OCH3 is 1. The summed E-state index contributed by atoms with van der Waals surface area (Å²) < 4.78 is 5.00. The molecule has 0 radical (unpaired) electrons. The number of aliphatic hydroxyl groups excluding tert-OH is 1. The highest BCUT2D eigenvalue weighted by Crippen LogP contribution is 2.20. The van der Waals surface area contributed by atoms with Crippen molar-refractivity contribution in [2.75, 3.05) is 20.2 Å². The van der Waals surface area contributed by atoms with Crippen molar-refractivity contribution in [2.45, 2.75) is 38.1 Å². The second-order valence-electron chi connectivity index (χ2n) is 5.58. The van der Waals surface area contributed by atoms with Crippen LogP contribution in [0.4, 0.5) is 0 Å². The highest BCUT2D eigenvalue weighted by atomic mass is 16.5. The minimum absolute atomic E-state index is 0.112. The van der Waals surface area contributed by atoms with E-state index < -0.39 is 6.10 Å². The van der Waals surface area contributed by atoms with Crippen LogP contribution in [0.1, 0.15) is 18.9 Å². The van der Waals surface area contributed by atoms with Crippen molar-refractivity contribution in [3.05, 3.63) is 35.9 Å². The number of benzene rings is 1. The molecule has 1 aromatic carbocycles. The van der Waals surface area contributed by atoms with Gasteiger partial charge in [0.15, 0.2) is 0 Å². The number of aliphatic hydroxyl groups is 1. The third kappa shape index (κ3) is 4.52. The van der Waals surface area contributed by atoms with E-state index in [1.807, 2.05) is 18.2 Å². The number of rotatable bonds is 6. The maximum atomic E-state index is 11.8. The maximum absolute atomic E-state index is 11.8. The molecule has 1 heterocycles. The Labute approximate surface area is 125 Å². The van der Waals surface area contributed by atoms with Crippen LogP contribution in [0.2, 0.25) is 0 Å². The third-order valence-electron chi connectivity index (χ3n) is 3.97. The zero-order valence-electron chi connectivity index (χ0n) is 12.7. The Bertz CT molecular complexity index is 452. The molecule has 2 rings (SSSR count). The fourth-order valence-corrected chi connectivity index (χ4v) is 2.65. The number of hydrogen-bond donors (Lipinski definition) is 2. The first kappa shape index (κ1) is 15.9. The molecule has 5 nitrogen and oxygen atoms in total. The molecular weight excluding hydrogens is 268 g/mol. The Balaban J connectivity index is 1.89. The minimum Gasteiger partial charge on any atom is -0.392 e. The first-order valence-electron chi connectivity index (χ1n) is 7.36. The summed E-state index contributed by atoms with van der Waals surface area (Å²) in [6.07, 6.45) is -0.0801. The molecule has 0 aromatic heterocycles. The Hall–Kier alpha value is -1.43. The average Bonchev–Trinajstić information content (AvgIpc) is 2.84. The zero-order valence-corrected chi connectivity index (χ0v) is 12.7. The van der Waals surface area contributed by atoms with Gasteiger partial charge in [-0.1, -0.05) is 30.3 Å². The van der Waals surface area contributed by atoms with Gasteiger partial charge >= 0.3 is 0 Å². The largest absolute Gasteiger partial charge is 0.392 e. The number of carbonyl (C=O) groups is 1. The van der Waals surface area contributed by atoms with E-state index in [0.29, 0.717) is 19.5 Å². The highest BCUT2D eigenvalue weighted by molar-refractivity contribution is 5.80. The minimum atomic E-state index is -0.445. The van der Waals surface area contributed by atoms with Gasteiger partial charge in [-0.15, -0.1) is 0 Å². The van der Waals surface area contributed by atoms with Gasteiger partial charge in [-0.05, 0) is 18.9 Å². The number of carbonyl (C=O) groups excluding carboxylic acids is 1. The summed E-state index contributed by atoms with van der Waals surface area (Å²) in [5.74, 6) is -0.112. The lowest BCUT2D eigenvalue weighted by molar-refractivity contribution is -0.130. The molecule has 116 valence electrons. The van der Waals surface area contributed by atoms with Gasteiger partial charge in [-0.3, -0.25) is 9.69 Å². The van der Waals surface area contributed by atoms with E-state index in [1.54, 1.807) is 6.92 Å². The van der Waals surface area contributed by atoms with Crippen LogP contribution in [0.3, 0.4) is 0 Å². The van der Waals surface area contributed by atoms with E-state index in [1.165, 1.54) is 12.7 Å². The first-order valence-corrected chi connectivity index (χ1v) is 7.36. The number of nitrogens with one attached hydrogen (secondary N) is 1. The first-order chi connectivity index (χ1) is 10.1. The second-order valence-corrected chi connectivity index (χ2v) is 5.58. The predicted octanol–water partition coefficient (Wildman–Crippen LogP) is 0.773. The fourth-order valence-electron chi connectivity index (χ4n) is 2.65. The summed E-state index contributed by atoms with van der Waals surface area (Å²) in [6.45, 7) is 3.70. The van der Waals surface area contributed by atoms with Crippen molar-refractivity contribution in [2.24, 2.45) is 0 Å². The SMILES string of the molecule is COC(C)C(=O)NCC1CC(O)CN1Cc1ccccc1. The molecule has 3 unspecified atom stereocenters. The maximum Gasteiger partial charge on any atom is 0.248 e. The molecule has 0 saturated carbocycles. The molecule has 2 N–H and O–H groups in total. The lowest BCUT2D eigenvalue weighted by Gasteiger charge is -2.25. The van der Waals surface area contributed by atoms with Crippen molar-refractivity contribution in [1.82, 2.24) is 10.2 Å². The van der Waals surface area contributed by atoms with E-state index in [9.17, 15) is 9.90 Å². The van der Waals surface area contributed by atoms with Crippen LogP contribution in [0.5, 0.6) is 0 Å². The summed E-state index contributed by atoms with van der Waals surface area (Å²) in [7, 11) is 1.52. The van der Waals surface area contributed by atoms with E-state index in [0.717, 1.165) is 6.54 Å². The van der Waals surface area contributed by atoms with Crippen LogP contribution >= 0.6 is 0 Å². The monoisotopic (exact) mass is 292 g/mol. The van der Waals surface area contributed by atoms with Crippen LogP contribution in [0, 0.1) is 0 Å². The molecular formula is C16H24N2O3. The molecule has 1 saturated heterocycles. The molecule has 21 heavy (non-hydrogen) atoms. The normalized spacial score (nSPS) is 24.0. The van der Waals surface area contributed by atoms with Crippen LogP contribution in [0.25, 0.3) is 0 Å². The number of ether oxygens (including phenoxy) is 1. The molecule has 1 fully saturated rings. The Morgan fingerprint density at radius 3 is 2.86 bits per heavy atom. The zero-order chi connectivity index (χ0) is 15.2. The van der Waals surface area contributed by atoms with Crippen LogP contribution in [0.15, 0.2) is 30.3 Å². The topological polar surface area (TPSA) is 61.8 Å². The van der Waals surface area contributed by atoms with Crippen molar-refractivity contribution in [3.63, 3.8) is 0 Å². The molecule has 0 aliphatic carbocycles. The lowest BCUT2D eigenvalue weighted by Crippen LogP contribution is -2.43. The number of amides is 1. The van der Waals surface area contributed by atoms with Crippen molar-refractivity contribution < 1.29 is 14.6 Å². The third-order valence-corrected chi connectivity index (χ3v) is 3.97. The molecule has 1 aliphatic rings. The van der Waals surface area contributed by atoms with Gasteiger partial charge < -0.3 is 15.2 Å². The number of likely N-dealkylation sites (tertiary alicyclic amines) is 1. The van der Waals surface area contributed by atoms with Gasteiger partial charge in [0, 0.05) is 32.8 Å². The van der Waals surface area contributed by atoms with E-state index in [4.69, 9.17) is 4.74 Å². The van der Waals surface area contributed by atoms with Crippen LogP contribution in [-0.4, -0.2) is 54.4 Å². The average molecular weight is 292 g/mol. The van der Waals surface area contributed by atoms with Crippen LogP contribution in [-0.2, 0) is 16.1 Å². The molecule has 3 atom stereocenters. The Kier molecular flexibility index (Phi) is 5.73. The fraction of sp³-hybridized carbons (Fsp3) is 0.562. The summed E-state index contributed by atoms with van der Waals surface area (Å²) in [5, 5.41) is 12.8. The molecule has 5 heteroatoms. The quantitative estimate of drug-likeness (QED) is 0.813. The van der Waals surface area contributed by atoms with Gasteiger partial charge in [0.05, 0.1) is 6.10 Å². The lowest BCUT2D eigenvalue weighted by atomic mass is 10.1. The van der Waals surface area contributed by atoms with E-state index in [-0.39, 0.29) is 18.1 Å². The van der Waals surface area contributed by atoms with Gasteiger partial charge in [-0.2, -0.15) is 0 Å². The van der Waals surface area contributed by atoms with Gasteiger partial charge in [-0.25, -0.2) is 0 Å². The smallest absolute Gasteiger partial charge is 0.248 e. The summed E-state index contributed by atoms with van der Waals surface area (Å²) >= 11 is 0. The van der Waals surface area contributed by atoms with Crippen molar-refractivity contribution >= 4 is 5.91 Å². The number of hydrogen-bond acceptors (Lipinski definition) is 4. The van der Waals surface area contributed by atoms with Crippen LogP contribution < -0.4 is 5.32 Å². The Morgan fingerprint density at radius 1 is 1.48 bits per heavy atom. The summed E-state index contributed by atoms with van der Waals surface area (Å²) in [5.41, 5.74) is 1.22. The molecule has 0 spiro atoms. The molecule has 1 aromatic rings. The molecule has 1 aliphatic heterocycles. The van der Waals surface area contributed by atoms with Crippen molar-refractivity contribution in [3.8, 4) is 0 Å². The van der Waals surface area contributed by atoms with E-state index in [2.05, 4.69) is 22.3 Å². The second kappa shape index (κ2) is 7.54.